The van der Waals surface area contributed by atoms with Gasteiger partial charge in [-0.1, -0.05) is 13.8 Å². The Labute approximate surface area is 86.2 Å². The Hall–Kier alpha value is -0.570. The van der Waals surface area contributed by atoms with Gasteiger partial charge >= 0.3 is 5.97 Å². The molecule has 1 aliphatic heterocycles. The van der Waals surface area contributed by atoms with E-state index < -0.39 is 0 Å². The Morgan fingerprint density at radius 3 is 2.36 bits per heavy atom. The lowest BCUT2D eigenvalue weighted by molar-refractivity contribution is -0.162. The summed E-state index contributed by atoms with van der Waals surface area (Å²) in [6.45, 7) is 11.5. The van der Waals surface area contributed by atoms with Crippen LogP contribution >= 0.6 is 0 Å². The minimum atomic E-state index is -0.379. The molecule has 0 spiro atoms. The highest BCUT2D eigenvalue weighted by atomic mass is 16.6. The second-order valence-electron chi connectivity index (χ2n) is 5.71. The average molecular weight is 199 g/mol. The van der Waals surface area contributed by atoms with E-state index >= 15 is 0 Å². The van der Waals surface area contributed by atoms with Crippen LogP contribution in [0.3, 0.4) is 0 Å². The van der Waals surface area contributed by atoms with Gasteiger partial charge in [0.15, 0.2) is 0 Å². The van der Waals surface area contributed by atoms with E-state index in [0.29, 0.717) is 0 Å². The van der Waals surface area contributed by atoms with Crippen LogP contribution in [0.25, 0.3) is 0 Å². The van der Waals surface area contributed by atoms with E-state index in [-0.39, 0.29) is 22.9 Å². The van der Waals surface area contributed by atoms with E-state index in [1.165, 1.54) is 0 Å². The number of hydrogen-bond acceptors (Lipinski definition) is 3. The quantitative estimate of drug-likeness (QED) is 0.651. The maximum atomic E-state index is 11.8. The lowest BCUT2D eigenvalue weighted by Crippen LogP contribution is -2.35. The summed E-state index contributed by atoms with van der Waals surface area (Å²) in [4.78, 5) is 11.8. The van der Waals surface area contributed by atoms with Crippen LogP contribution in [0.5, 0.6) is 0 Å². The summed E-state index contributed by atoms with van der Waals surface area (Å²) in [6.07, 6.45) is 0. The van der Waals surface area contributed by atoms with Gasteiger partial charge < -0.3 is 10.1 Å². The number of carbonyl (C=O) groups excluding carboxylic acids is 1. The Bertz CT molecular complexity index is 228. The number of carbonyl (C=O) groups is 1. The largest absolute Gasteiger partial charge is 0.460 e. The standard InChI is InChI=1S/C11H21NO2/c1-10(2,3)14-9(13)8-6-12-7-11(8,4)5/h8,12H,6-7H2,1-5H3. The lowest BCUT2D eigenvalue weighted by atomic mass is 9.82. The summed E-state index contributed by atoms with van der Waals surface area (Å²) in [5, 5.41) is 3.23. The second-order valence-corrected chi connectivity index (χ2v) is 5.71. The Morgan fingerprint density at radius 2 is 2.00 bits per heavy atom. The molecule has 0 aromatic rings. The molecule has 1 aliphatic rings. The smallest absolute Gasteiger partial charge is 0.311 e. The molecule has 0 radical (unpaired) electrons. The van der Waals surface area contributed by atoms with Gasteiger partial charge in [-0.3, -0.25) is 4.79 Å². The SMILES string of the molecule is CC(C)(C)OC(=O)C1CNCC1(C)C. The number of hydrogen-bond donors (Lipinski definition) is 1. The first-order valence-electron chi connectivity index (χ1n) is 5.16. The van der Waals surface area contributed by atoms with Crippen LogP contribution in [0.15, 0.2) is 0 Å². The van der Waals surface area contributed by atoms with Gasteiger partial charge in [-0.15, -0.1) is 0 Å². The first kappa shape index (κ1) is 11.5. The van der Waals surface area contributed by atoms with Crippen molar-refractivity contribution in [2.75, 3.05) is 13.1 Å². The van der Waals surface area contributed by atoms with Crippen molar-refractivity contribution in [1.29, 1.82) is 0 Å². The predicted octanol–water partition coefficient (Wildman–Crippen LogP) is 1.57. The van der Waals surface area contributed by atoms with Crippen LogP contribution in [-0.2, 0) is 9.53 Å². The molecule has 0 aromatic carbocycles. The summed E-state index contributed by atoms with van der Waals surface area (Å²) in [6, 6.07) is 0. The topological polar surface area (TPSA) is 38.3 Å². The molecule has 1 rings (SSSR count). The molecule has 0 saturated carbocycles. The first-order valence-corrected chi connectivity index (χ1v) is 5.16. The molecule has 1 atom stereocenters. The average Bonchev–Trinajstić information content (AvgIpc) is 2.25. The second kappa shape index (κ2) is 3.54. The van der Waals surface area contributed by atoms with Gasteiger partial charge in [-0.25, -0.2) is 0 Å². The van der Waals surface area contributed by atoms with Gasteiger partial charge in [0, 0.05) is 13.1 Å². The normalized spacial score (nSPS) is 26.2. The number of esters is 1. The third-order valence-electron chi connectivity index (χ3n) is 2.56. The van der Waals surface area contributed by atoms with Gasteiger partial charge in [0.2, 0.25) is 0 Å². The van der Waals surface area contributed by atoms with E-state index in [0.717, 1.165) is 13.1 Å². The number of rotatable bonds is 1. The molecular formula is C11H21NO2. The van der Waals surface area contributed by atoms with E-state index in [1.54, 1.807) is 0 Å². The first-order chi connectivity index (χ1) is 6.22. The van der Waals surface area contributed by atoms with Gasteiger partial charge in [-0.05, 0) is 26.2 Å². The maximum absolute atomic E-state index is 11.8. The summed E-state index contributed by atoms with van der Waals surface area (Å²) in [5.74, 6) is -0.0887. The van der Waals surface area contributed by atoms with Crippen molar-refractivity contribution in [3.63, 3.8) is 0 Å². The molecule has 0 bridgehead atoms. The van der Waals surface area contributed by atoms with Gasteiger partial charge in [0.1, 0.15) is 5.60 Å². The van der Waals surface area contributed by atoms with Crippen LogP contribution in [0, 0.1) is 11.3 Å². The van der Waals surface area contributed by atoms with Crippen molar-refractivity contribution in [3.8, 4) is 0 Å². The van der Waals surface area contributed by atoms with E-state index in [4.69, 9.17) is 4.74 Å². The number of nitrogens with one attached hydrogen (secondary N) is 1. The summed E-state index contributed by atoms with van der Waals surface area (Å²) in [7, 11) is 0. The number of ether oxygens (including phenoxy) is 1. The highest BCUT2D eigenvalue weighted by Gasteiger charge is 2.41. The third kappa shape index (κ3) is 2.71. The molecule has 0 amide bonds. The van der Waals surface area contributed by atoms with Crippen molar-refractivity contribution in [3.05, 3.63) is 0 Å². The molecule has 1 fully saturated rings. The van der Waals surface area contributed by atoms with Crippen LogP contribution in [0.2, 0.25) is 0 Å². The third-order valence-corrected chi connectivity index (χ3v) is 2.56. The lowest BCUT2D eigenvalue weighted by Gasteiger charge is -2.28. The zero-order valence-electron chi connectivity index (χ0n) is 9.81. The fourth-order valence-corrected chi connectivity index (χ4v) is 1.71. The van der Waals surface area contributed by atoms with E-state index in [2.05, 4.69) is 19.2 Å². The van der Waals surface area contributed by atoms with Gasteiger partial charge in [0.25, 0.3) is 0 Å². The minimum absolute atomic E-state index is 0.0123. The molecule has 0 aliphatic carbocycles. The van der Waals surface area contributed by atoms with Gasteiger partial charge in [-0.2, -0.15) is 0 Å². The fourth-order valence-electron chi connectivity index (χ4n) is 1.71. The van der Waals surface area contributed by atoms with Crippen LogP contribution in [0.4, 0.5) is 0 Å². The van der Waals surface area contributed by atoms with E-state index in [9.17, 15) is 4.79 Å². The van der Waals surface area contributed by atoms with Crippen molar-refractivity contribution < 1.29 is 9.53 Å². The Morgan fingerprint density at radius 1 is 1.43 bits per heavy atom. The van der Waals surface area contributed by atoms with Crippen LogP contribution < -0.4 is 5.32 Å². The molecule has 1 N–H and O–H groups in total. The molecule has 1 heterocycles. The molecule has 1 unspecified atom stereocenters. The molecule has 82 valence electrons. The van der Waals surface area contributed by atoms with Crippen molar-refractivity contribution in [1.82, 2.24) is 5.32 Å². The zero-order valence-corrected chi connectivity index (χ0v) is 9.81. The fraction of sp³-hybridized carbons (Fsp3) is 0.909. The van der Waals surface area contributed by atoms with Gasteiger partial charge in [0.05, 0.1) is 5.92 Å². The van der Waals surface area contributed by atoms with E-state index in [1.807, 2.05) is 20.8 Å². The summed E-state index contributed by atoms with van der Waals surface area (Å²) in [5.41, 5.74) is -0.363. The highest BCUT2D eigenvalue weighted by Crippen LogP contribution is 2.32. The molecule has 1 saturated heterocycles. The van der Waals surface area contributed by atoms with Crippen molar-refractivity contribution in [2.45, 2.75) is 40.2 Å². The maximum Gasteiger partial charge on any atom is 0.311 e. The van der Waals surface area contributed by atoms with Crippen molar-refractivity contribution in [2.24, 2.45) is 11.3 Å². The molecular weight excluding hydrogens is 178 g/mol. The molecule has 0 aromatic heterocycles. The molecule has 14 heavy (non-hydrogen) atoms. The predicted molar refractivity (Wildman–Crippen MR) is 56.0 cm³/mol. The van der Waals surface area contributed by atoms with Crippen molar-refractivity contribution >= 4 is 5.97 Å². The Balaban J connectivity index is 2.62. The molecule has 3 nitrogen and oxygen atoms in total. The zero-order chi connectivity index (χ0) is 11.0. The monoisotopic (exact) mass is 199 g/mol. The molecule has 3 heteroatoms. The van der Waals surface area contributed by atoms with Crippen LogP contribution in [-0.4, -0.2) is 24.7 Å². The summed E-state index contributed by atoms with van der Waals surface area (Å²) >= 11 is 0. The van der Waals surface area contributed by atoms with Crippen LogP contribution in [0.1, 0.15) is 34.6 Å². The minimum Gasteiger partial charge on any atom is -0.460 e. The summed E-state index contributed by atoms with van der Waals surface area (Å²) < 4.78 is 5.38. The highest BCUT2D eigenvalue weighted by molar-refractivity contribution is 5.74. The Kier molecular flexibility index (Phi) is 2.91.